The summed E-state index contributed by atoms with van der Waals surface area (Å²) < 4.78 is 16.2. The molecule has 0 unspecified atom stereocenters. The summed E-state index contributed by atoms with van der Waals surface area (Å²) in [5.41, 5.74) is 0. The van der Waals surface area contributed by atoms with Crippen LogP contribution in [0.1, 0.15) is 11.7 Å². The first-order chi connectivity index (χ1) is 13.8. The molecule has 146 valence electrons. The van der Waals surface area contributed by atoms with E-state index in [0.29, 0.717) is 18.3 Å². The highest BCUT2D eigenvalue weighted by Crippen LogP contribution is 2.18. The number of methoxy groups -OCH3 is 1. The lowest BCUT2D eigenvalue weighted by Crippen LogP contribution is -2.46. The molecule has 1 aliphatic rings. The number of benzene rings is 1. The Morgan fingerprint density at radius 3 is 2.50 bits per heavy atom. The standard InChI is InChI=1S/C20H23N5O3/c1-26-16-5-7-17(8-6-16)27-15-18-22-20(28-23-18)14-24-10-12-25(13-11-24)19-4-2-3-9-21-19/h2-9H,10-15H2,1H3. The predicted octanol–water partition coefficient (Wildman–Crippen LogP) is 2.37. The van der Waals surface area contributed by atoms with Gasteiger partial charge in [0.1, 0.15) is 17.3 Å². The number of nitrogens with zero attached hydrogens (tertiary/aromatic N) is 5. The Labute approximate surface area is 163 Å². The maximum atomic E-state index is 5.69. The van der Waals surface area contributed by atoms with Gasteiger partial charge in [0.2, 0.25) is 11.7 Å². The second kappa shape index (κ2) is 8.71. The molecule has 0 spiro atoms. The fraction of sp³-hybridized carbons (Fsp3) is 0.350. The highest BCUT2D eigenvalue weighted by molar-refractivity contribution is 5.38. The molecular formula is C20H23N5O3. The van der Waals surface area contributed by atoms with Crippen molar-refractivity contribution >= 4 is 5.82 Å². The average Bonchev–Trinajstić information content (AvgIpc) is 3.21. The molecule has 1 fully saturated rings. The Kier molecular flexibility index (Phi) is 5.67. The van der Waals surface area contributed by atoms with Gasteiger partial charge in [-0.15, -0.1) is 0 Å². The summed E-state index contributed by atoms with van der Waals surface area (Å²) in [4.78, 5) is 13.4. The molecule has 3 aromatic rings. The van der Waals surface area contributed by atoms with Gasteiger partial charge in [0, 0.05) is 32.4 Å². The van der Waals surface area contributed by atoms with Crippen molar-refractivity contribution in [3.05, 3.63) is 60.4 Å². The molecule has 0 aliphatic carbocycles. The molecule has 1 saturated heterocycles. The molecule has 0 N–H and O–H groups in total. The van der Waals surface area contributed by atoms with Gasteiger partial charge in [0.25, 0.3) is 0 Å². The molecule has 2 aromatic heterocycles. The van der Waals surface area contributed by atoms with E-state index in [4.69, 9.17) is 14.0 Å². The third kappa shape index (κ3) is 4.58. The molecule has 0 amide bonds. The first-order valence-corrected chi connectivity index (χ1v) is 9.27. The van der Waals surface area contributed by atoms with Crippen LogP contribution in [0.2, 0.25) is 0 Å². The fourth-order valence-electron chi connectivity index (χ4n) is 3.10. The zero-order valence-electron chi connectivity index (χ0n) is 15.8. The first kappa shape index (κ1) is 18.2. The highest BCUT2D eigenvalue weighted by Gasteiger charge is 2.20. The Balaban J connectivity index is 1.24. The van der Waals surface area contributed by atoms with Gasteiger partial charge in [-0.3, -0.25) is 4.90 Å². The summed E-state index contributed by atoms with van der Waals surface area (Å²) in [5.74, 6) is 3.70. The number of aromatic nitrogens is 3. The molecule has 1 aromatic carbocycles. The number of pyridine rings is 1. The quantitative estimate of drug-likeness (QED) is 0.617. The Morgan fingerprint density at radius 1 is 1.00 bits per heavy atom. The van der Waals surface area contributed by atoms with Crippen molar-refractivity contribution in [1.82, 2.24) is 20.0 Å². The van der Waals surface area contributed by atoms with Crippen molar-refractivity contribution in [3.8, 4) is 11.5 Å². The molecule has 28 heavy (non-hydrogen) atoms. The van der Waals surface area contributed by atoms with E-state index in [1.807, 2.05) is 48.7 Å². The first-order valence-electron chi connectivity index (χ1n) is 9.27. The van der Waals surface area contributed by atoms with Crippen molar-refractivity contribution in [2.45, 2.75) is 13.2 Å². The van der Waals surface area contributed by atoms with Gasteiger partial charge >= 0.3 is 0 Å². The van der Waals surface area contributed by atoms with E-state index < -0.39 is 0 Å². The normalized spacial score (nSPS) is 14.8. The minimum absolute atomic E-state index is 0.267. The zero-order valence-corrected chi connectivity index (χ0v) is 15.8. The molecule has 3 heterocycles. The third-order valence-electron chi connectivity index (χ3n) is 4.64. The van der Waals surface area contributed by atoms with E-state index >= 15 is 0 Å². The third-order valence-corrected chi connectivity index (χ3v) is 4.64. The fourth-order valence-corrected chi connectivity index (χ4v) is 3.10. The van der Waals surface area contributed by atoms with Crippen LogP contribution >= 0.6 is 0 Å². The average molecular weight is 381 g/mol. The molecular weight excluding hydrogens is 358 g/mol. The lowest BCUT2D eigenvalue weighted by Gasteiger charge is -2.34. The summed E-state index contributed by atoms with van der Waals surface area (Å²) in [5, 5.41) is 4.01. The summed E-state index contributed by atoms with van der Waals surface area (Å²) in [6, 6.07) is 13.4. The largest absolute Gasteiger partial charge is 0.497 e. The van der Waals surface area contributed by atoms with Crippen LogP contribution in [0.4, 0.5) is 5.82 Å². The van der Waals surface area contributed by atoms with Gasteiger partial charge in [0.05, 0.1) is 13.7 Å². The maximum Gasteiger partial charge on any atom is 0.240 e. The zero-order chi connectivity index (χ0) is 19.2. The van der Waals surface area contributed by atoms with Crippen LogP contribution in [-0.4, -0.2) is 53.3 Å². The lowest BCUT2D eigenvalue weighted by molar-refractivity contribution is 0.214. The lowest BCUT2D eigenvalue weighted by atomic mass is 10.3. The van der Waals surface area contributed by atoms with E-state index in [9.17, 15) is 0 Å². The number of ether oxygens (including phenoxy) is 2. The van der Waals surface area contributed by atoms with Crippen LogP contribution in [0.25, 0.3) is 0 Å². The summed E-state index contributed by atoms with van der Waals surface area (Å²) in [7, 11) is 1.63. The maximum absolute atomic E-state index is 5.69. The smallest absolute Gasteiger partial charge is 0.240 e. The van der Waals surface area contributed by atoms with Crippen LogP contribution in [0.3, 0.4) is 0 Å². The topological polar surface area (TPSA) is 76.8 Å². The van der Waals surface area contributed by atoms with Gasteiger partial charge in [-0.25, -0.2) is 4.98 Å². The van der Waals surface area contributed by atoms with Crippen LogP contribution in [0, 0.1) is 0 Å². The number of anilines is 1. The minimum Gasteiger partial charge on any atom is -0.497 e. The van der Waals surface area contributed by atoms with Crippen LogP contribution in [0.5, 0.6) is 11.5 Å². The Hall–Kier alpha value is -3.13. The van der Waals surface area contributed by atoms with Crippen molar-refractivity contribution in [2.24, 2.45) is 0 Å². The second-order valence-electron chi connectivity index (χ2n) is 6.52. The molecule has 0 saturated carbocycles. The molecule has 0 radical (unpaired) electrons. The molecule has 0 atom stereocenters. The van der Waals surface area contributed by atoms with Crippen molar-refractivity contribution in [3.63, 3.8) is 0 Å². The van der Waals surface area contributed by atoms with E-state index in [2.05, 4.69) is 24.9 Å². The van der Waals surface area contributed by atoms with Crippen molar-refractivity contribution in [2.75, 3.05) is 38.2 Å². The van der Waals surface area contributed by atoms with E-state index in [1.54, 1.807) is 7.11 Å². The van der Waals surface area contributed by atoms with Crippen molar-refractivity contribution < 1.29 is 14.0 Å². The van der Waals surface area contributed by atoms with Gasteiger partial charge in [-0.2, -0.15) is 4.98 Å². The van der Waals surface area contributed by atoms with Gasteiger partial charge in [-0.05, 0) is 36.4 Å². The number of piperazine rings is 1. The van der Waals surface area contributed by atoms with E-state index in [0.717, 1.165) is 43.5 Å². The summed E-state index contributed by atoms with van der Waals surface area (Å²) in [6.07, 6.45) is 1.83. The molecule has 4 rings (SSSR count). The molecule has 8 heteroatoms. The monoisotopic (exact) mass is 381 g/mol. The van der Waals surface area contributed by atoms with Crippen LogP contribution < -0.4 is 14.4 Å². The Morgan fingerprint density at radius 2 is 1.79 bits per heavy atom. The summed E-state index contributed by atoms with van der Waals surface area (Å²) in [6.45, 7) is 4.62. The second-order valence-corrected chi connectivity index (χ2v) is 6.52. The minimum atomic E-state index is 0.267. The SMILES string of the molecule is COc1ccc(OCc2noc(CN3CCN(c4ccccn4)CC3)n2)cc1. The van der Waals surface area contributed by atoms with Gasteiger partial charge in [0.15, 0.2) is 6.61 Å². The molecule has 0 bridgehead atoms. The number of hydrogen-bond acceptors (Lipinski definition) is 8. The van der Waals surface area contributed by atoms with Crippen LogP contribution in [0.15, 0.2) is 53.2 Å². The van der Waals surface area contributed by atoms with Gasteiger partial charge in [-0.1, -0.05) is 11.2 Å². The van der Waals surface area contributed by atoms with Gasteiger partial charge < -0.3 is 18.9 Å². The highest BCUT2D eigenvalue weighted by atomic mass is 16.5. The van der Waals surface area contributed by atoms with E-state index in [-0.39, 0.29) is 6.61 Å². The van der Waals surface area contributed by atoms with E-state index in [1.165, 1.54) is 0 Å². The number of hydrogen-bond donors (Lipinski definition) is 0. The van der Waals surface area contributed by atoms with Crippen LogP contribution in [-0.2, 0) is 13.2 Å². The molecule has 8 nitrogen and oxygen atoms in total. The Bertz CT molecular complexity index is 861. The summed E-state index contributed by atoms with van der Waals surface area (Å²) >= 11 is 0. The predicted molar refractivity (Wildman–Crippen MR) is 103 cm³/mol. The molecule has 1 aliphatic heterocycles. The number of rotatable bonds is 7. The van der Waals surface area contributed by atoms with Crippen molar-refractivity contribution in [1.29, 1.82) is 0 Å².